The minimum Gasteiger partial charge on any atom is -0.366 e. The van der Waals surface area contributed by atoms with Gasteiger partial charge in [-0.3, -0.25) is 9.59 Å². The van der Waals surface area contributed by atoms with Gasteiger partial charge in [0.2, 0.25) is 0 Å². The Morgan fingerprint density at radius 3 is 2.62 bits per heavy atom. The van der Waals surface area contributed by atoms with E-state index < -0.39 is 18.1 Å². The molecular formula is C25H26F3N7O2. The number of nitrogens with one attached hydrogen (secondary N) is 2. The summed E-state index contributed by atoms with van der Waals surface area (Å²) in [6, 6.07) is 3.31. The number of rotatable bonds is 4. The van der Waals surface area contributed by atoms with E-state index in [4.69, 9.17) is 0 Å². The number of amides is 2. The van der Waals surface area contributed by atoms with Crippen LogP contribution in [0.5, 0.6) is 0 Å². The van der Waals surface area contributed by atoms with Gasteiger partial charge in [-0.2, -0.15) is 18.3 Å². The maximum atomic E-state index is 13.1. The van der Waals surface area contributed by atoms with Crippen molar-refractivity contribution in [2.24, 2.45) is 0 Å². The average molecular weight is 514 g/mol. The van der Waals surface area contributed by atoms with Crippen LogP contribution in [0.4, 0.5) is 19.0 Å². The van der Waals surface area contributed by atoms with Crippen LogP contribution in [0, 0.1) is 0 Å². The Morgan fingerprint density at radius 1 is 1.14 bits per heavy atom. The van der Waals surface area contributed by atoms with E-state index in [1.165, 1.54) is 10.7 Å². The standard InChI is InChI=1S/C25H26F3N7O2/c1-15(25(26,27)28)32-23(36)20-14-31-35-6-4-16(12-21(20)35)18-3-5-29-22-19(18)11-17(13-30-22)24(37)34-9-7-33(2)8-10-34/h3-4,6,11-15H,5,7-10H2,1-2H3,(H,29,30)(H,32,36)/t15-/m1/s1. The van der Waals surface area contributed by atoms with E-state index in [9.17, 15) is 22.8 Å². The van der Waals surface area contributed by atoms with Crippen molar-refractivity contribution in [3.05, 3.63) is 65.1 Å². The first-order valence-electron chi connectivity index (χ1n) is 11.9. The van der Waals surface area contributed by atoms with Crippen molar-refractivity contribution in [3.8, 4) is 0 Å². The molecule has 0 radical (unpaired) electrons. The normalized spacial score (nSPS) is 17.1. The highest BCUT2D eigenvalue weighted by molar-refractivity contribution is 6.02. The molecule has 0 aliphatic carbocycles. The molecule has 1 atom stereocenters. The lowest BCUT2D eigenvalue weighted by molar-refractivity contribution is -0.149. The van der Waals surface area contributed by atoms with Gasteiger partial charge >= 0.3 is 6.18 Å². The van der Waals surface area contributed by atoms with Gasteiger partial charge in [0, 0.05) is 50.7 Å². The van der Waals surface area contributed by atoms with Crippen LogP contribution in [0.15, 0.2) is 42.9 Å². The molecular weight excluding hydrogens is 487 g/mol. The van der Waals surface area contributed by atoms with Crippen molar-refractivity contribution in [3.63, 3.8) is 0 Å². The molecule has 194 valence electrons. The van der Waals surface area contributed by atoms with E-state index in [1.54, 1.807) is 30.6 Å². The summed E-state index contributed by atoms with van der Waals surface area (Å²) < 4.78 is 40.3. The molecule has 0 saturated carbocycles. The third-order valence-electron chi connectivity index (χ3n) is 6.71. The molecule has 1 fully saturated rings. The highest BCUT2D eigenvalue weighted by Crippen LogP contribution is 2.33. The number of likely N-dealkylation sites (N-methyl/N-ethyl adjacent to an activating group) is 1. The second kappa shape index (κ2) is 9.51. The van der Waals surface area contributed by atoms with Gasteiger partial charge in [-0.15, -0.1) is 0 Å². The molecule has 0 bridgehead atoms. The number of hydrogen-bond acceptors (Lipinski definition) is 6. The average Bonchev–Trinajstić information content (AvgIpc) is 3.31. The monoisotopic (exact) mass is 513 g/mol. The maximum absolute atomic E-state index is 13.1. The molecule has 3 aromatic heterocycles. The topological polar surface area (TPSA) is 94.9 Å². The van der Waals surface area contributed by atoms with Crippen LogP contribution in [0.25, 0.3) is 11.1 Å². The number of carbonyl (C=O) groups is 2. The highest BCUT2D eigenvalue weighted by atomic mass is 19.4. The summed E-state index contributed by atoms with van der Waals surface area (Å²) in [7, 11) is 2.02. The fourth-order valence-corrected chi connectivity index (χ4v) is 4.43. The Balaban J connectivity index is 1.46. The number of nitrogens with zero attached hydrogens (tertiary/aromatic N) is 5. The lowest BCUT2D eigenvalue weighted by Gasteiger charge is -2.32. The van der Waals surface area contributed by atoms with Crippen molar-refractivity contribution >= 4 is 28.7 Å². The van der Waals surface area contributed by atoms with Gasteiger partial charge in [0.25, 0.3) is 11.8 Å². The van der Waals surface area contributed by atoms with Gasteiger partial charge < -0.3 is 20.4 Å². The van der Waals surface area contributed by atoms with Crippen LogP contribution < -0.4 is 10.6 Å². The molecule has 9 nitrogen and oxygen atoms in total. The van der Waals surface area contributed by atoms with E-state index in [2.05, 4.69) is 20.3 Å². The number of piperazine rings is 1. The molecule has 1 saturated heterocycles. The van der Waals surface area contributed by atoms with Gasteiger partial charge in [-0.1, -0.05) is 6.08 Å². The van der Waals surface area contributed by atoms with Gasteiger partial charge in [0.15, 0.2) is 0 Å². The number of alkyl halides is 3. The first-order chi connectivity index (χ1) is 17.6. The van der Waals surface area contributed by atoms with Gasteiger partial charge in [0.1, 0.15) is 11.9 Å². The zero-order valence-electron chi connectivity index (χ0n) is 20.3. The summed E-state index contributed by atoms with van der Waals surface area (Å²) in [6.45, 7) is 4.29. The maximum Gasteiger partial charge on any atom is 0.408 e. The van der Waals surface area contributed by atoms with Crippen LogP contribution in [-0.4, -0.2) is 88.2 Å². The lowest BCUT2D eigenvalue weighted by Crippen LogP contribution is -2.47. The first kappa shape index (κ1) is 24.8. The third kappa shape index (κ3) is 4.88. The molecule has 0 aromatic carbocycles. The largest absolute Gasteiger partial charge is 0.408 e. The molecule has 0 unspecified atom stereocenters. The zero-order chi connectivity index (χ0) is 26.3. The molecule has 0 spiro atoms. The fraction of sp³-hybridized carbons (Fsp3) is 0.360. The van der Waals surface area contributed by atoms with Crippen LogP contribution in [-0.2, 0) is 0 Å². The Morgan fingerprint density at radius 2 is 1.89 bits per heavy atom. The Labute approximate surface area is 210 Å². The van der Waals surface area contributed by atoms with Gasteiger partial charge in [-0.05, 0) is 43.3 Å². The summed E-state index contributed by atoms with van der Waals surface area (Å²) >= 11 is 0. The van der Waals surface area contributed by atoms with E-state index in [1.807, 2.05) is 23.3 Å². The minimum atomic E-state index is -4.56. The van der Waals surface area contributed by atoms with Crippen LogP contribution in [0.3, 0.4) is 0 Å². The second-order valence-corrected chi connectivity index (χ2v) is 9.25. The predicted octanol–water partition coefficient (Wildman–Crippen LogP) is 2.65. The molecule has 2 amide bonds. The molecule has 12 heteroatoms. The summed E-state index contributed by atoms with van der Waals surface area (Å²) in [6.07, 6.45) is 1.85. The molecule has 37 heavy (non-hydrogen) atoms. The molecule has 2 aliphatic rings. The van der Waals surface area contributed by atoms with Gasteiger partial charge in [0.05, 0.1) is 22.8 Å². The van der Waals surface area contributed by atoms with Crippen LogP contribution in [0.1, 0.15) is 38.8 Å². The summed E-state index contributed by atoms with van der Waals surface area (Å²) in [5.41, 5.74) is 3.12. The summed E-state index contributed by atoms with van der Waals surface area (Å²) in [5.74, 6) is -0.325. The van der Waals surface area contributed by atoms with Crippen molar-refractivity contribution < 1.29 is 22.8 Å². The molecule has 2 aliphatic heterocycles. The number of anilines is 1. The SMILES string of the molecule is C[C@@H](NC(=O)c1cnn2ccc(C3=CCNc4ncc(C(=O)N5CCN(C)CC5)cc43)cc12)C(F)(F)F. The quantitative estimate of drug-likeness (QED) is 0.557. The van der Waals surface area contributed by atoms with Gasteiger partial charge in [-0.25, -0.2) is 9.50 Å². The second-order valence-electron chi connectivity index (χ2n) is 9.25. The van der Waals surface area contributed by atoms with Crippen molar-refractivity contribution in [2.45, 2.75) is 19.1 Å². The molecule has 3 aromatic rings. The molecule has 5 rings (SSSR count). The van der Waals surface area contributed by atoms with Crippen LogP contribution >= 0.6 is 0 Å². The Bertz CT molecular complexity index is 1390. The van der Waals surface area contributed by atoms with E-state index in [0.29, 0.717) is 36.5 Å². The number of aromatic nitrogens is 3. The minimum absolute atomic E-state index is 0.0322. The number of pyridine rings is 2. The molecule has 2 N–H and O–H groups in total. The zero-order valence-corrected chi connectivity index (χ0v) is 20.3. The predicted molar refractivity (Wildman–Crippen MR) is 131 cm³/mol. The first-order valence-corrected chi connectivity index (χ1v) is 11.9. The number of halogens is 3. The third-order valence-corrected chi connectivity index (χ3v) is 6.71. The summed E-state index contributed by atoms with van der Waals surface area (Å²) in [4.78, 5) is 34.2. The van der Waals surface area contributed by atoms with Crippen LogP contribution in [0.2, 0.25) is 0 Å². The summed E-state index contributed by atoms with van der Waals surface area (Å²) in [5, 5.41) is 9.30. The van der Waals surface area contributed by atoms with Crippen molar-refractivity contribution in [1.82, 2.24) is 29.7 Å². The number of carbonyl (C=O) groups excluding carboxylic acids is 2. The van der Waals surface area contributed by atoms with Crippen molar-refractivity contribution in [1.29, 1.82) is 0 Å². The fourth-order valence-electron chi connectivity index (χ4n) is 4.43. The van der Waals surface area contributed by atoms with E-state index in [-0.39, 0.29) is 11.5 Å². The Kier molecular flexibility index (Phi) is 6.36. The molecule has 5 heterocycles. The number of fused-ring (bicyclic) bond motifs is 2. The van der Waals surface area contributed by atoms with E-state index >= 15 is 0 Å². The van der Waals surface area contributed by atoms with E-state index in [0.717, 1.165) is 36.7 Å². The van der Waals surface area contributed by atoms with Crippen molar-refractivity contribution in [2.75, 3.05) is 45.1 Å². The number of hydrogen-bond donors (Lipinski definition) is 2. The highest BCUT2D eigenvalue weighted by Gasteiger charge is 2.37. The smallest absolute Gasteiger partial charge is 0.366 e. The Hall–Kier alpha value is -3.93. The lowest BCUT2D eigenvalue weighted by atomic mass is 9.95.